The van der Waals surface area contributed by atoms with Crippen LogP contribution in [0.25, 0.3) is 0 Å². The van der Waals surface area contributed by atoms with Gasteiger partial charge in [0.15, 0.2) is 0 Å². The van der Waals surface area contributed by atoms with Crippen LogP contribution in [0.5, 0.6) is 0 Å². The van der Waals surface area contributed by atoms with Crippen LogP contribution in [0.2, 0.25) is 0 Å². The summed E-state index contributed by atoms with van der Waals surface area (Å²) in [6.45, 7) is 6.85. The topological polar surface area (TPSA) is 41.1 Å². The van der Waals surface area contributed by atoms with Gasteiger partial charge in [-0.05, 0) is 44.5 Å². The molecular formula is C14H22N2O. The quantitative estimate of drug-likeness (QED) is 0.812. The highest BCUT2D eigenvalue weighted by molar-refractivity contribution is 5.78. The van der Waals surface area contributed by atoms with Gasteiger partial charge in [0.2, 0.25) is 5.91 Å². The summed E-state index contributed by atoms with van der Waals surface area (Å²) in [5.74, 6) is 0.0790. The Morgan fingerprint density at radius 1 is 1.29 bits per heavy atom. The molecule has 1 atom stereocenters. The third-order valence-corrected chi connectivity index (χ3v) is 3.03. The lowest BCUT2D eigenvalue weighted by Gasteiger charge is -2.11. The lowest BCUT2D eigenvalue weighted by atomic mass is 10.0. The van der Waals surface area contributed by atoms with E-state index in [1.165, 1.54) is 11.1 Å². The van der Waals surface area contributed by atoms with Gasteiger partial charge in [0, 0.05) is 12.6 Å². The zero-order valence-corrected chi connectivity index (χ0v) is 11.1. The number of hydrogen-bond donors (Lipinski definition) is 2. The third-order valence-electron chi connectivity index (χ3n) is 3.03. The van der Waals surface area contributed by atoms with Crippen molar-refractivity contribution >= 4 is 5.91 Å². The molecule has 0 fully saturated rings. The van der Waals surface area contributed by atoms with E-state index in [1.54, 1.807) is 0 Å². The molecule has 0 heterocycles. The van der Waals surface area contributed by atoms with Gasteiger partial charge in [-0.2, -0.15) is 0 Å². The fourth-order valence-corrected chi connectivity index (χ4v) is 1.53. The second kappa shape index (κ2) is 6.40. The summed E-state index contributed by atoms with van der Waals surface area (Å²) in [7, 11) is 1.89. The van der Waals surface area contributed by atoms with E-state index in [1.807, 2.05) is 20.0 Å². The predicted octanol–water partition coefficient (Wildman–Crippen LogP) is 1.57. The normalized spacial score (nSPS) is 12.2. The van der Waals surface area contributed by atoms with E-state index in [4.69, 9.17) is 0 Å². The van der Waals surface area contributed by atoms with Gasteiger partial charge >= 0.3 is 0 Å². The number of carbonyl (C=O) groups excluding carboxylic acids is 1. The number of rotatable bonds is 5. The maximum atomic E-state index is 11.7. The second-order valence-corrected chi connectivity index (χ2v) is 4.59. The molecule has 1 unspecified atom stereocenters. The zero-order valence-electron chi connectivity index (χ0n) is 11.1. The lowest BCUT2D eigenvalue weighted by Crippen LogP contribution is -2.37. The molecule has 1 amide bonds. The maximum absolute atomic E-state index is 11.7. The van der Waals surface area contributed by atoms with Gasteiger partial charge in [-0.15, -0.1) is 0 Å². The zero-order chi connectivity index (χ0) is 12.8. The van der Waals surface area contributed by atoms with Crippen LogP contribution in [-0.2, 0) is 11.2 Å². The van der Waals surface area contributed by atoms with E-state index in [0.29, 0.717) is 19.0 Å². The molecule has 0 aliphatic rings. The third kappa shape index (κ3) is 4.57. The first-order valence-electron chi connectivity index (χ1n) is 6.03. The molecule has 1 aromatic rings. The van der Waals surface area contributed by atoms with Crippen molar-refractivity contribution in [3.63, 3.8) is 0 Å². The van der Waals surface area contributed by atoms with Gasteiger partial charge in [-0.25, -0.2) is 0 Å². The first-order chi connectivity index (χ1) is 8.02. The number of benzene rings is 1. The summed E-state index contributed by atoms with van der Waals surface area (Å²) >= 11 is 0. The summed E-state index contributed by atoms with van der Waals surface area (Å²) in [4.78, 5) is 11.7. The van der Waals surface area contributed by atoms with Crippen LogP contribution in [0.3, 0.4) is 0 Å². The summed E-state index contributed by atoms with van der Waals surface area (Å²) in [6.07, 6.45) is 0.456. The van der Waals surface area contributed by atoms with Crippen LogP contribution in [0.4, 0.5) is 0 Å². The Bertz CT molecular complexity index is 388. The fraction of sp³-hybridized carbons (Fsp3) is 0.500. The number of amides is 1. The molecule has 0 spiro atoms. The second-order valence-electron chi connectivity index (χ2n) is 4.59. The Kier molecular flexibility index (Phi) is 5.16. The number of likely N-dealkylation sites (N-methyl/N-ethyl adjacent to an activating group) is 1. The Balaban J connectivity index is 2.48. The maximum Gasteiger partial charge on any atom is 0.224 e. The van der Waals surface area contributed by atoms with Crippen LogP contribution >= 0.6 is 0 Å². The molecule has 0 saturated heterocycles. The minimum Gasteiger partial charge on any atom is -0.354 e. The van der Waals surface area contributed by atoms with Crippen LogP contribution in [0.15, 0.2) is 18.2 Å². The Morgan fingerprint density at radius 2 is 2.00 bits per heavy atom. The number of aryl methyl sites for hydroxylation is 2. The van der Waals surface area contributed by atoms with Gasteiger partial charge < -0.3 is 10.6 Å². The van der Waals surface area contributed by atoms with Gasteiger partial charge in [0.05, 0.1) is 6.42 Å². The van der Waals surface area contributed by atoms with Crippen molar-refractivity contribution in [3.05, 3.63) is 34.9 Å². The van der Waals surface area contributed by atoms with Crippen LogP contribution in [0, 0.1) is 13.8 Å². The summed E-state index contributed by atoms with van der Waals surface area (Å²) in [6, 6.07) is 6.47. The highest BCUT2D eigenvalue weighted by Crippen LogP contribution is 2.10. The molecule has 3 nitrogen and oxygen atoms in total. The highest BCUT2D eigenvalue weighted by atomic mass is 16.1. The average Bonchev–Trinajstić information content (AvgIpc) is 2.31. The number of hydrogen-bond acceptors (Lipinski definition) is 2. The Morgan fingerprint density at radius 3 is 2.59 bits per heavy atom. The van der Waals surface area contributed by atoms with E-state index in [-0.39, 0.29) is 5.91 Å². The fourth-order valence-electron chi connectivity index (χ4n) is 1.53. The molecule has 3 heteroatoms. The highest BCUT2D eigenvalue weighted by Gasteiger charge is 2.05. The molecule has 0 saturated carbocycles. The molecule has 0 radical (unpaired) electrons. The summed E-state index contributed by atoms with van der Waals surface area (Å²) in [5, 5.41) is 6.00. The van der Waals surface area contributed by atoms with Crippen LogP contribution < -0.4 is 10.6 Å². The Hall–Kier alpha value is -1.35. The van der Waals surface area contributed by atoms with E-state index in [9.17, 15) is 4.79 Å². The standard InChI is InChI=1S/C14H22N2O/c1-10-5-6-13(7-11(10)2)8-14(17)16-9-12(3)15-4/h5-7,12,15H,8-9H2,1-4H3,(H,16,17). The van der Waals surface area contributed by atoms with Crippen molar-refractivity contribution < 1.29 is 4.79 Å². The van der Waals surface area contributed by atoms with E-state index in [0.717, 1.165) is 5.56 Å². The van der Waals surface area contributed by atoms with Gasteiger partial charge in [-0.1, -0.05) is 18.2 Å². The van der Waals surface area contributed by atoms with Crippen LogP contribution in [0.1, 0.15) is 23.6 Å². The average molecular weight is 234 g/mol. The smallest absolute Gasteiger partial charge is 0.224 e. The van der Waals surface area contributed by atoms with Crippen molar-refractivity contribution in [1.82, 2.24) is 10.6 Å². The molecule has 1 rings (SSSR count). The minimum atomic E-state index is 0.0790. The van der Waals surface area contributed by atoms with Crippen molar-refractivity contribution in [1.29, 1.82) is 0 Å². The molecule has 0 bridgehead atoms. The predicted molar refractivity (Wildman–Crippen MR) is 71.2 cm³/mol. The van der Waals surface area contributed by atoms with Crippen molar-refractivity contribution in [2.75, 3.05) is 13.6 Å². The largest absolute Gasteiger partial charge is 0.354 e. The molecular weight excluding hydrogens is 212 g/mol. The number of carbonyl (C=O) groups is 1. The molecule has 0 aliphatic heterocycles. The van der Waals surface area contributed by atoms with E-state index in [2.05, 4.69) is 36.6 Å². The summed E-state index contributed by atoms with van der Waals surface area (Å²) < 4.78 is 0. The van der Waals surface area contributed by atoms with Crippen molar-refractivity contribution in [2.45, 2.75) is 33.2 Å². The number of nitrogens with one attached hydrogen (secondary N) is 2. The monoisotopic (exact) mass is 234 g/mol. The lowest BCUT2D eigenvalue weighted by molar-refractivity contribution is -0.120. The van der Waals surface area contributed by atoms with Gasteiger partial charge in [0.25, 0.3) is 0 Å². The minimum absolute atomic E-state index is 0.0790. The van der Waals surface area contributed by atoms with Crippen molar-refractivity contribution in [3.8, 4) is 0 Å². The van der Waals surface area contributed by atoms with Gasteiger partial charge in [0.1, 0.15) is 0 Å². The first kappa shape index (κ1) is 13.7. The Labute approximate surface area is 104 Å². The SMILES string of the molecule is CNC(C)CNC(=O)Cc1ccc(C)c(C)c1. The molecule has 2 N–H and O–H groups in total. The molecule has 1 aromatic carbocycles. The molecule has 94 valence electrons. The summed E-state index contributed by atoms with van der Waals surface area (Å²) in [5.41, 5.74) is 3.57. The van der Waals surface area contributed by atoms with Crippen LogP contribution in [-0.4, -0.2) is 25.5 Å². The van der Waals surface area contributed by atoms with E-state index >= 15 is 0 Å². The molecule has 0 aliphatic carbocycles. The molecule has 17 heavy (non-hydrogen) atoms. The van der Waals surface area contributed by atoms with Crippen molar-refractivity contribution in [2.24, 2.45) is 0 Å². The molecule has 0 aromatic heterocycles. The first-order valence-corrected chi connectivity index (χ1v) is 6.03. The van der Waals surface area contributed by atoms with E-state index < -0.39 is 0 Å². The van der Waals surface area contributed by atoms with Gasteiger partial charge in [-0.3, -0.25) is 4.79 Å².